The zero-order valence-electron chi connectivity index (χ0n) is 10.5. The number of hydrogen-bond donors (Lipinski definition) is 3. The second kappa shape index (κ2) is 4.63. The van der Waals surface area contributed by atoms with Gasteiger partial charge in [-0.3, -0.25) is 0 Å². The van der Waals surface area contributed by atoms with Gasteiger partial charge in [0, 0.05) is 18.5 Å². The van der Waals surface area contributed by atoms with Gasteiger partial charge in [-0.25, -0.2) is 0 Å². The molecule has 0 amide bonds. The van der Waals surface area contributed by atoms with Crippen LogP contribution in [0.4, 0.5) is 0 Å². The fraction of sp³-hybridized carbons (Fsp3) is 1.00. The van der Waals surface area contributed by atoms with E-state index in [1.807, 2.05) is 0 Å². The molecule has 0 spiro atoms. The topological polar surface area (TPSA) is 58.3 Å². The molecule has 2 aliphatic rings. The second-order valence-corrected chi connectivity index (χ2v) is 5.81. The molecule has 1 aliphatic heterocycles. The van der Waals surface area contributed by atoms with E-state index in [2.05, 4.69) is 12.2 Å². The molecule has 0 bridgehead atoms. The van der Waals surface area contributed by atoms with E-state index < -0.39 is 5.60 Å². The standard InChI is InChI=1S/C13H26N2O/c1-2-11-4-6-12(8-11,9-14)13(16)5-3-7-15-10-13/h11,15-16H,2-10,14H2,1H3. The fourth-order valence-electron chi connectivity index (χ4n) is 3.73. The minimum absolute atomic E-state index is 0.0128. The van der Waals surface area contributed by atoms with Crippen LogP contribution in [0, 0.1) is 11.3 Å². The van der Waals surface area contributed by atoms with E-state index >= 15 is 0 Å². The molecule has 1 heterocycles. The van der Waals surface area contributed by atoms with Gasteiger partial charge in [-0.15, -0.1) is 0 Å². The average Bonchev–Trinajstić information content (AvgIpc) is 2.75. The van der Waals surface area contributed by atoms with Crippen molar-refractivity contribution < 1.29 is 5.11 Å². The lowest BCUT2D eigenvalue weighted by Gasteiger charge is -2.47. The molecule has 4 N–H and O–H groups in total. The Kier molecular flexibility index (Phi) is 3.57. The van der Waals surface area contributed by atoms with Crippen molar-refractivity contribution >= 4 is 0 Å². The predicted molar refractivity (Wildman–Crippen MR) is 66.2 cm³/mol. The first kappa shape index (κ1) is 12.3. The molecule has 3 unspecified atom stereocenters. The summed E-state index contributed by atoms with van der Waals surface area (Å²) in [4.78, 5) is 0. The van der Waals surface area contributed by atoms with Crippen LogP contribution in [0.25, 0.3) is 0 Å². The largest absolute Gasteiger partial charge is 0.388 e. The Labute approximate surface area is 98.8 Å². The van der Waals surface area contributed by atoms with E-state index in [1.165, 1.54) is 12.8 Å². The maximum absolute atomic E-state index is 10.9. The SMILES string of the molecule is CCC1CCC(CN)(C2(O)CCCNC2)C1. The van der Waals surface area contributed by atoms with Crippen LogP contribution in [0.2, 0.25) is 0 Å². The fourth-order valence-corrected chi connectivity index (χ4v) is 3.73. The number of rotatable bonds is 3. The van der Waals surface area contributed by atoms with Gasteiger partial charge in [0.05, 0.1) is 5.60 Å². The molecule has 2 fully saturated rings. The van der Waals surface area contributed by atoms with Gasteiger partial charge in [-0.1, -0.05) is 13.3 Å². The maximum Gasteiger partial charge on any atom is 0.0840 e. The summed E-state index contributed by atoms with van der Waals surface area (Å²) in [5, 5.41) is 14.2. The molecular formula is C13H26N2O. The molecule has 0 radical (unpaired) electrons. The van der Waals surface area contributed by atoms with E-state index in [-0.39, 0.29) is 5.41 Å². The van der Waals surface area contributed by atoms with E-state index in [9.17, 15) is 5.11 Å². The summed E-state index contributed by atoms with van der Waals surface area (Å²) in [5.41, 5.74) is 5.45. The zero-order chi connectivity index (χ0) is 11.6. The number of nitrogens with one attached hydrogen (secondary N) is 1. The van der Waals surface area contributed by atoms with Crippen LogP contribution in [0.3, 0.4) is 0 Å². The van der Waals surface area contributed by atoms with Crippen LogP contribution in [0.5, 0.6) is 0 Å². The van der Waals surface area contributed by atoms with Crippen LogP contribution in [-0.4, -0.2) is 30.3 Å². The Balaban J connectivity index is 2.14. The molecule has 1 aliphatic carbocycles. The van der Waals surface area contributed by atoms with Crippen molar-refractivity contribution in [3.8, 4) is 0 Å². The smallest absolute Gasteiger partial charge is 0.0840 e. The number of nitrogens with two attached hydrogens (primary N) is 1. The van der Waals surface area contributed by atoms with Crippen molar-refractivity contribution in [2.75, 3.05) is 19.6 Å². The third-order valence-electron chi connectivity index (χ3n) is 5.03. The first-order chi connectivity index (χ1) is 7.66. The highest BCUT2D eigenvalue weighted by Gasteiger charge is 2.52. The summed E-state index contributed by atoms with van der Waals surface area (Å²) in [6.45, 7) is 4.67. The van der Waals surface area contributed by atoms with E-state index in [1.54, 1.807) is 0 Å². The van der Waals surface area contributed by atoms with Crippen molar-refractivity contribution in [1.82, 2.24) is 5.32 Å². The summed E-state index contributed by atoms with van der Waals surface area (Å²) in [6.07, 6.45) is 6.71. The monoisotopic (exact) mass is 226 g/mol. The maximum atomic E-state index is 10.9. The van der Waals surface area contributed by atoms with Crippen LogP contribution in [0.15, 0.2) is 0 Å². The van der Waals surface area contributed by atoms with E-state index in [0.717, 1.165) is 44.7 Å². The summed E-state index contributed by atoms with van der Waals surface area (Å²) in [5.74, 6) is 0.773. The highest BCUT2D eigenvalue weighted by Crippen LogP contribution is 2.51. The lowest BCUT2D eigenvalue weighted by Crippen LogP contribution is -2.59. The summed E-state index contributed by atoms with van der Waals surface area (Å²) in [7, 11) is 0. The van der Waals surface area contributed by atoms with Gasteiger partial charge in [0.1, 0.15) is 0 Å². The van der Waals surface area contributed by atoms with Crippen molar-refractivity contribution in [3.05, 3.63) is 0 Å². The molecular weight excluding hydrogens is 200 g/mol. The molecule has 0 aromatic carbocycles. The molecule has 3 nitrogen and oxygen atoms in total. The molecule has 0 aromatic rings. The Morgan fingerprint density at radius 3 is 2.75 bits per heavy atom. The van der Waals surface area contributed by atoms with Crippen LogP contribution in [0.1, 0.15) is 45.4 Å². The Bertz CT molecular complexity index is 238. The number of β-amino-alcohol motifs (C(OH)–C–C–N with tert-alkyl or cyclic N) is 1. The van der Waals surface area contributed by atoms with Gasteiger partial charge in [0.2, 0.25) is 0 Å². The first-order valence-corrected chi connectivity index (χ1v) is 6.79. The summed E-state index contributed by atoms with van der Waals surface area (Å²) in [6, 6.07) is 0. The van der Waals surface area contributed by atoms with Crippen LogP contribution >= 0.6 is 0 Å². The van der Waals surface area contributed by atoms with Crippen molar-refractivity contribution in [1.29, 1.82) is 0 Å². The van der Waals surface area contributed by atoms with Crippen molar-refractivity contribution in [2.24, 2.45) is 17.1 Å². The molecule has 94 valence electrons. The van der Waals surface area contributed by atoms with Crippen molar-refractivity contribution in [2.45, 2.75) is 51.0 Å². The summed E-state index contributed by atoms with van der Waals surface area (Å²) < 4.78 is 0. The second-order valence-electron chi connectivity index (χ2n) is 5.81. The normalized spacial score (nSPS) is 44.8. The van der Waals surface area contributed by atoms with Crippen LogP contribution < -0.4 is 11.1 Å². The minimum atomic E-state index is -0.552. The quantitative estimate of drug-likeness (QED) is 0.679. The Hall–Kier alpha value is -0.120. The van der Waals surface area contributed by atoms with Crippen molar-refractivity contribution in [3.63, 3.8) is 0 Å². The Morgan fingerprint density at radius 1 is 1.44 bits per heavy atom. The molecule has 1 saturated carbocycles. The van der Waals surface area contributed by atoms with Gasteiger partial charge in [-0.05, 0) is 44.6 Å². The minimum Gasteiger partial charge on any atom is -0.388 e. The highest BCUT2D eigenvalue weighted by molar-refractivity contribution is 5.06. The molecule has 3 atom stereocenters. The zero-order valence-corrected chi connectivity index (χ0v) is 10.5. The predicted octanol–water partition coefficient (Wildman–Crippen LogP) is 1.26. The number of piperidine rings is 1. The highest BCUT2D eigenvalue weighted by atomic mass is 16.3. The van der Waals surface area contributed by atoms with E-state index in [4.69, 9.17) is 5.73 Å². The van der Waals surface area contributed by atoms with Gasteiger partial charge >= 0.3 is 0 Å². The number of hydrogen-bond acceptors (Lipinski definition) is 3. The summed E-state index contributed by atoms with van der Waals surface area (Å²) >= 11 is 0. The van der Waals surface area contributed by atoms with Gasteiger partial charge in [-0.2, -0.15) is 0 Å². The number of aliphatic hydroxyl groups is 1. The molecule has 2 rings (SSSR count). The van der Waals surface area contributed by atoms with Crippen LogP contribution in [-0.2, 0) is 0 Å². The third kappa shape index (κ3) is 1.89. The third-order valence-corrected chi connectivity index (χ3v) is 5.03. The molecule has 1 saturated heterocycles. The molecule has 16 heavy (non-hydrogen) atoms. The van der Waals surface area contributed by atoms with Gasteiger partial charge in [0.25, 0.3) is 0 Å². The Morgan fingerprint density at radius 2 is 2.25 bits per heavy atom. The lowest BCUT2D eigenvalue weighted by molar-refractivity contribution is -0.0943. The molecule has 0 aromatic heterocycles. The van der Waals surface area contributed by atoms with Gasteiger partial charge < -0.3 is 16.2 Å². The molecule has 3 heteroatoms. The van der Waals surface area contributed by atoms with Gasteiger partial charge in [0.15, 0.2) is 0 Å². The lowest BCUT2D eigenvalue weighted by atomic mass is 9.66. The average molecular weight is 226 g/mol. The first-order valence-electron chi connectivity index (χ1n) is 6.79. The van der Waals surface area contributed by atoms with E-state index in [0.29, 0.717) is 6.54 Å².